The Kier molecular flexibility index (Phi) is 5.24. The number of nitrogens with zero attached hydrogens (tertiary/aromatic N) is 2. The number of anilines is 2. The zero-order valence-corrected chi connectivity index (χ0v) is 17.0. The normalized spacial score (nSPS) is 26.0. The summed E-state index contributed by atoms with van der Waals surface area (Å²) in [5.74, 6) is -0.454. The molecule has 9 heteroatoms. The van der Waals surface area contributed by atoms with Crippen LogP contribution in [-0.4, -0.2) is 58.4 Å². The molecular formula is C20H23N3O5S. The highest BCUT2D eigenvalue weighted by molar-refractivity contribution is 8.01. The molecule has 1 N–H and O–H groups in total. The van der Waals surface area contributed by atoms with Gasteiger partial charge in [0.2, 0.25) is 11.8 Å². The first-order chi connectivity index (χ1) is 13.9. The number of hydrogen-bond acceptors (Lipinski definition) is 6. The second-order valence-corrected chi connectivity index (χ2v) is 9.12. The van der Waals surface area contributed by atoms with Gasteiger partial charge in [-0.3, -0.25) is 14.4 Å². The highest BCUT2D eigenvalue weighted by Gasteiger charge is 2.53. The van der Waals surface area contributed by atoms with Gasteiger partial charge in [-0.25, -0.2) is 4.79 Å². The van der Waals surface area contributed by atoms with Gasteiger partial charge < -0.3 is 19.9 Å². The third-order valence-electron chi connectivity index (χ3n) is 5.60. The van der Waals surface area contributed by atoms with E-state index < -0.39 is 24.5 Å². The van der Waals surface area contributed by atoms with E-state index >= 15 is 0 Å². The van der Waals surface area contributed by atoms with Crippen LogP contribution in [0.3, 0.4) is 0 Å². The summed E-state index contributed by atoms with van der Waals surface area (Å²) in [6.45, 7) is 2.26. The Morgan fingerprint density at radius 1 is 1.21 bits per heavy atom. The van der Waals surface area contributed by atoms with E-state index in [2.05, 4.69) is 5.32 Å². The topological polar surface area (TPSA) is 96.0 Å². The molecule has 3 fully saturated rings. The van der Waals surface area contributed by atoms with Crippen LogP contribution in [0.25, 0.3) is 0 Å². The predicted molar refractivity (Wildman–Crippen MR) is 108 cm³/mol. The lowest BCUT2D eigenvalue weighted by atomic mass is 10.2. The number of carbonyl (C=O) groups excluding carboxylic acids is 4. The third-order valence-corrected chi connectivity index (χ3v) is 7.10. The number of fused-ring (bicyclic) bond motifs is 1. The van der Waals surface area contributed by atoms with Gasteiger partial charge in [0.05, 0.1) is 4.87 Å². The summed E-state index contributed by atoms with van der Waals surface area (Å²) in [6, 6.07) is 6.34. The summed E-state index contributed by atoms with van der Waals surface area (Å²) >= 11 is 1.58. The van der Waals surface area contributed by atoms with Crippen LogP contribution in [0.5, 0.6) is 0 Å². The number of rotatable bonds is 5. The lowest BCUT2D eigenvalue weighted by Crippen LogP contribution is -2.47. The first-order valence-electron chi connectivity index (χ1n) is 9.70. The zero-order valence-electron chi connectivity index (χ0n) is 16.2. The molecule has 3 saturated heterocycles. The molecule has 1 aromatic rings. The minimum Gasteiger partial charge on any atom is -0.454 e. The van der Waals surface area contributed by atoms with Crippen molar-refractivity contribution in [2.24, 2.45) is 0 Å². The lowest BCUT2D eigenvalue weighted by Gasteiger charge is -2.29. The molecule has 0 aromatic heterocycles. The molecule has 0 saturated carbocycles. The van der Waals surface area contributed by atoms with Crippen LogP contribution in [0, 0.1) is 0 Å². The largest absolute Gasteiger partial charge is 0.454 e. The van der Waals surface area contributed by atoms with E-state index in [9.17, 15) is 19.2 Å². The molecule has 1 aromatic carbocycles. The molecule has 8 nitrogen and oxygen atoms in total. The minimum absolute atomic E-state index is 0.0412. The van der Waals surface area contributed by atoms with E-state index in [0.29, 0.717) is 30.8 Å². The Morgan fingerprint density at radius 3 is 2.66 bits per heavy atom. The summed E-state index contributed by atoms with van der Waals surface area (Å²) in [5, 5.41) is 2.67. The standard InChI is InChI=1S/C20H23N3O5S/c1-20-9-8-18(26)23(20)15(12-29-20)19(27)28-11-16(24)21-13-4-6-14(7-5-13)22-10-2-3-17(22)25/h4-7,15H,2-3,8-12H2,1H3,(H,21,24)/t15-,20+/m1/s1. The summed E-state index contributed by atoms with van der Waals surface area (Å²) in [6.07, 6.45) is 2.57. The summed E-state index contributed by atoms with van der Waals surface area (Å²) in [5.41, 5.74) is 1.36. The van der Waals surface area contributed by atoms with Crippen molar-refractivity contribution < 1.29 is 23.9 Å². The van der Waals surface area contributed by atoms with Crippen LogP contribution in [0.15, 0.2) is 24.3 Å². The van der Waals surface area contributed by atoms with Crippen molar-refractivity contribution in [1.82, 2.24) is 4.90 Å². The van der Waals surface area contributed by atoms with Gasteiger partial charge in [0, 0.05) is 36.5 Å². The fraction of sp³-hybridized carbons (Fsp3) is 0.500. The molecule has 0 aliphatic carbocycles. The summed E-state index contributed by atoms with van der Waals surface area (Å²) in [7, 11) is 0. The predicted octanol–water partition coefficient (Wildman–Crippen LogP) is 1.75. The number of esters is 1. The monoisotopic (exact) mass is 417 g/mol. The SMILES string of the molecule is C[C@]12CCC(=O)N1[C@@H](C(=O)OCC(=O)Nc1ccc(N3CCCC3=O)cc1)CS2. The van der Waals surface area contributed by atoms with Crippen molar-refractivity contribution in [1.29, 1.82) is 0 Å². The highest BCUT2D eigenvalue weighted by Crippen LogP contribution is 2.47. The van der Waals surface area contributed by atoms with Gasteiger partial charge in [0.25, 0.3) is 5.91 Å². The van der Waals surface area contributed by atoms with Crippen LogP contribution in [0.4, 0.5) is 11.4 Å². The van der Waals surface area contributed by atoms with E-state index in [-0.39, 0.29) is 16.7 Å². The summed E-state index contributed by atoms with van der Waals surface area (Å²) in [4.78, 5) is 51.4. The Morgan fingerprint density at radius 2 is 1.97 bits per heavy atom. The van der Waals surface area contributed by atoms with Crippen molar-refractivity contribution in [3.8, 4) is 0 Å². The van der Waals surface area contributed by atoms with Gasteiger partial charge in [-0.15, -0.1) is 11.8 Å². The Hall–Kier alpha value is -2.55. The first-order valence-corrected chi connectivity index (χ1v) is 10.7. The number of hydrogen-bond donors (Lipinski definition) is 1. The molecule has 3 heterocycles. The molecular weight excluding hydrogens is 394 g/mol. The average Bonchev–Trinajstić information content (AvgIpc) is 3.36. The maximum absolute atomic E-state index is 12.4. The number of ether oxygens (including phenoxy) is 1. The molecule has 3 amide bonds. The molecule has 3 aliphatic rings. The van der Waals surface area contributed by atoms with Crippen molar-refractivity contribution >= 4 is 46.8 Å². The number of thioether (sulfide) groups is 1. The van der Waals surface area contributed by atoms with E-state index in [1.165, 1.54) is 0 Å². The van der Waals surface area contributed by atoms with Crippen LogP contribution in [-0.2, 0) is 23.9 Å². The Labute approximate surface area is 172 Å². The second-order valence-electron chi connectivity index (χ2n) is 7.62. The van der Waals surface area contributed by atoms with E-state index in [1.54, 1.807) is 45.8 Å². The molecule has 0 radical (unpaired) electrons. The molecule has 4 rings (SSSR count). The average molecular weight is 417 g/mol. The van der Waals surface area contributed by atoms with Crippen molar-refractivity contribution in [2.45, 2.75) is 43.5 Å². The third kappa shape index (κ3) is 3.83. The highest BCUT2D eigenvalue weighted by atomic mass is 32.2. The van der Waals surface area contributed by atoms with Crippen molar-refractivity contribution in [3.63, 3.8) is 0 Å². The van der Waals surface area contributed by atoms with E-state index in [1.807, 2.05) is 6.92 Å². The number of nitrogens with one attached hydrogen (secondary N) is 1. The van der Waals surface area contributed by atoms with Gasteiger partial charge in [-0.2, -0.15) is 0 Å². The summed E-state index contributed by atoms with van der Waals surface area (Å²) < 4.78 is 5.17. The second kappa shape index (κ2) is 7.70. The molecule has 29 heavy (non-hydrogen) atoms. The zero-order chi connectivity index (χ0) is 20.6. The quantitative estimate of drug-likeness (QED) is 0.734. The minimum atomic E-state index is -0.634. The van der Waals surface area contributed by atoms with Crippen LogP contribution >= 0.6 is 11.8 Å². The van der Waals surface area contributed by atoms with Crippen LogP contribution in [0.2, 0.25) is 0 Å². The van der Waals surface area contributed by atoms with Crippen LogP contribution < -0.4 is 10.2 Å². The van der Waals surface area contributed by atoms with Crippen LogP contribution in [0.1, 0.15) is 32.6 Å². The van der Waals surface area contributed by atoms with Gasteiger partial charge in [-0.1, -0.05) is 0 Å². The first kappa shape index (κ1) is 19.8. The molecule has 2 atom stereocenters. The van der Waals surface area contributed by atoms with Gasteiger partial charge in [0.1, 0.15) is 6.04 Å². The molecule has 0 unspecified atom stereocenters. The molecule has 3 aliphatic heterocycles. The van der Waals surface area contributed by atoms with Gasteiger partial charge >= 0.3 is 5.97 Å². The number of amides is 3. The smallest absolute Gasteiger partial charge is 0.330 e. The number of benzene rings is 1. The lowest BCUT2D eigenvalue weighted by molar-refractivity contribution is -0.155. The number of carbonyl (C=O) groups is 4. The van der Waals surface area contributed by atoms with Crippen molar-refractivity contribution in [2.75, 3.05) is 29.1 Å². The fourth-order valence-corrected chi connectivity index (χ4v) is 5.49. The van der Waals surface area contributed by atoms with E-state index in [0.717, 1.165) is 18.5 Å². The maximum Gasteiger partial charge on any atom is 0.330 e. The Balaban J connectivity index is 1.28. The van der Waals surface area contributed by atoms with Gasteiger partial charge in [-0.05, 0) is 44.0 Å². The molecule has 0 spiro atoms. The Bertz CT molecular complexity index is 858. The van der Waals surface area contributed by atoms with Gasteiger partial charge in [0.15, 0.2) is 6.61 Å². The van der Waals surface area contributed by atoms with E-state index in [4.69, 9.17) is 4.74 Å². The molecule has 0 bridgehead atoms. The van der Waals surface area contributed by atoms with Crippen molar-refractivity contribution in [3.05, 3.63) is 24.3 Å². The fourth-order valence-electron chi connectivity index (χ4n) is 4.07. The molecule has 154 valence electrons. The maximum atomic E-state index is 12.4.